The molecule has 3 aliphatic rings. The Morgan fingerprint density at radius 1 is 0.833 bits per heavy atom. The van der Waals surface area contributed by atoms with Crippen molar-refractivity contribution in [3.05, 3.63) is 140 Å². The van der Waals surface area contributed by atoms with Gasteiger partial charge in [-0.15, -0.1) is 0 Å². The number of ether oxygens (including phenoxy) is 5. The van der Waals surface area contributed by atoms with Crippen LogP contribution in [0.5, 0.6) is 40.2 Å². The van der Waals surface area contributed by atoms with Crippen LogP contribution in [0, 0.1) is 10.1 Å². The molecular formula is C43H43N3O8. The van der Waals surface area contributed by atoms with Crippen LogP contribution >= 0.6 is 0 Å². The molecule has 5 aromatic carbocycles. The van der Waals surface area contributed by atoms with E-state index in [-0.39, 0.29) is 23.0 Å². The molecule has 3 heterocycles. The highest BCUT2D eigenvalue weighted by atomic mass is 16.6. The standard InChI is InChI=1S/C43H43N3O8/c1-44-21-19-32-25-38(51-4)40-26-31(32)9-5-27-6-15-34(16-7-27)52-39-24-28(8-17-36(39)54-43(47)30-10-13-33(14-11-30)46(48)49)23-35-41-29(20-22-45(35)2)12-18-37(50-3)42(41)53-40/h6-8,10-18,24-26,35,44H,5,9,19-23H2,1-4H3. The minimum Gasteiger partial charge on any atom is -0.493 e. The SMILES string of the molecule is CNCCc1cc(OC)c2cc1CCc1ccc(cc1)Oc1cc(ccc1OC(=O)c1ccc([N+](=O)[O-])cc1)CC1c3c(ccc(OC)c3O2)CCN1C. The second-order valence-corrected chi connectivity index (χ2v) is 13.6. The van der Waals surface area contributed by atoms with E-state index < -0.39 is 10.9 Å². The molecule has 0 spiro atoms. The van der Waals surface area contributed by atoms with Gasteiger partial charge in [-0.25, -0.2) is 4.79 Å². The summed E-state index contributed by atoms with van der Waals surface area (Å²) in [4.78, 5) is 26.2. The van der Waals surface area contributed by atoms with E-state index in [4.69, 9.17) is 23.7 Å². The van der Waals surface area contributed by atoms with Crippen LogP contribution in [0.2, 0.25) is 0 Å². The zero-order valence-corrected chi connectivity index (χ0v) is 30.8. The molecule has 278 valence electrons. The molecule has 6 bridgehead atoms. The second-order valence-electron chi connectivity index (χ2n) is 13.6. The van der Waals surface area contributed by atoms with Crippen LogP contribution in [-0.2, 0) is 32.1 Å². The molecule has 0 saturated heterocycles. The molecule has 1 N–H and O–H groups in total. The van der Waals surface area contributed by atoms with Crippen molar-refractivity contribution in [1.82, 2.24) is 10.2 Å². The third-order valence-corrected chi connectivity index (χ3v) is 10.2. The van der Waals surface area contributed by atoms with Crippen molar-refractivity contribution in [2.75, 3.05) is 41.4 Å². The normalized spacial score (nSPS) is 15.1. The lowest BCUT2D eigenvalue weighted by molar-refractivity contribution is -0.384. The van der Waals surface area contributed by atoms with Gasteiger partial charge in [0.15, 0.2) is 34.5 Å². The summed E-state index contributed by atoms with van der Waals surface area (Å²) in [6, 6.07) is 27.0. The first-order chi connectivity index (χ1) is 26.2. The summed E-state index contributed by atoms with van der Waals surface area (Å²) in [7, 11) is 7.39. The third-order valence-electron chi connectivity index (χ3n) is 10.2. The zero-order valence-electron chi connectivity index (χ0n) is 30.8. The maximum atomic E-state index is 13.3. The molecule has 1 atom stereocenters. The van der Waals surface area contributed by atoms with E-state index in [9.17, 15) is 14.9 Å². The molecule has 11 heteroatoms. The molecule has 3 aliphatic heterocycles. The van der Waals surface area contributed by atoms with Gasteiger partial charge < -0.3 is 29.0 Å². The number of fused-ring (bicyclic) bond motifs is 3. The summed E-state index contributed by atoms with van der Waals surface area (Å²) in [5.74, 6) is 3.09. The second kappa shape index (κ2) is 16.0. The van der Waals surface area contributed by atoms with Crippen LogP contribution in [0.1, 0.15) is 49.8 Å². The van der Waals surface area contributed by atoms with E-state index >= 15 is 0 Å². The predicted octanol–water partition coefficient (Wildman–Crippen LogP) is 8.05. The largest absolute Gasteiger partial charge is 0.493 e. The lowest BCUT2D eigenvalue weighted by Gasteiger charge is -2.36. The van der Waals surface area contributed by atoms with Gasteiger partial charge in [-0.3, -0.25) is 15.0 Å². The van der Waals surface area contributed by atoms with Gasteiger partial charge >= 0.3 is 5.97 Å². The van der Waals surface area contributed by atoms with Crippen LogP contribution < -0.4 is 29.0 Å². The van der Waals surface area contributed by atoms with Crippen molar-refractivity contribution in [2.24, 2.45) is 0 Å². The number of non-ortho nitro benzene ring substituents is 1. The van der Waals surface area contributed by atoms with Gasteiger partial charge in [0.05, 0.1) is 24.7 Å². The van der Waals surface area contributed by atoms with Gasteiger partial charge in [-0.2, -0.15) is 0 Å². The molecule has 0 saturated carbocycles. The number of hydrogen-bond donors (Lipinski definition) is 1. The monoisotopic (exact) mass is 729 g/mol. The highest BCUT2D eigenvalue weighted by Gasteiger charge is 2.32. The summed E-state index contributed by atoms with van der Waals surface area (Å²) < 4.78 is 31.1. The van der Waals surface area contributed by atoms with E-state index in [1.807, 2.05) is 49.5 Å². The number of aryl methyl sites for hydroxylation is 2. The number of esters is 1. The Hall–Kier alpha value is -5.91. The third kappa shape index (κ3) is 7.73. The minimum absolute atomic E-state index is 0.0984. The molecule has 0 aromatic heterocycles. The molecule has 11 nitrogen and oxygen atoms in total. The van der Waals surface area contributed by atoms with E-state index in [0.717, 1.165) is 55.5 Å². The minimum atomic E-state index is -0.658. The van der Waals surface area contributed by atoms with Crippen molar-refractivity contribution in [2.45, 2.75) is 38.1 Å². The molecule has 0 aliphatic carbocycles. The molecule has 0 radical (unpaired) electrons. The Kier molecular flexibility index (Phi) is 10.8. The number of nitro groups is 1. The quantitative estimate of drug-likeness (QED) is 0.0727. The number of rotatable bonds is 8. The molecule has 8 rings (SSSR count). The number of benzene rings is 5. The number of likely N-dealkylation sites (N-methyl/N-ethyl adjacent to an activating group) is 2. The fourth-order valence-corrected chi connectivity index (χ4v) is 7.19. The zero-order chi connectivity index (χ0) is 37.8. The topological polar surface area (TPSA) is 122 Å². The molecule has 0 fully saturated rings. The van der Waals surface area contributed by atoms with Crippen molar-refractivity contribution in [1.29, 1.82) is 0 Å². The number of methoxy groups -OCH3 is 2. The van der Waals surface area contributed by atoms with E-state index in [0.29, 0.717) is 40.9 Å². The first kappa shape index (κ1) is 36.4. The Labute approximate surface area is 314 Å². The fourth-order valence-electron chi connectivity index (χ4n) is 7.19. The molecular weight excluding hydrogens is 686 g/mol. The highest BCUT2D eigenvalue weighted by Crippen LogP contribution is 2.47. The van der Waals surface area contributed by atoms with Gasteiger partial charge in [0.2, 0.25) is 0 Å². The maximum absolute atomic E-state index is 13.3. The summed E-state index contributed by atoms with van der Waals surface area (Å²) in [6.45, 7) is 1.67. The number of nitrogens with zero attached hydrogens (tertiary/aromatic N) is 2. The van der Waals surface area contributed by atoms with E-state index in [1.54, 1.807) is 20.3 Å². The summed E-state index contributed by atoms with van der Waals surface area (Å²) >= 11 is 0. The van der Waals surface area contributed by atoms with Crippen LogP contribution in [-0.4, -0.2) is 57.2 Å². The van der Waals surface area contributed by atoms with E-state index in [1.165, 1.54) is 41.0 Å². The van der Waals surface area contributed by atoms with Gasteiger partial charge in [0, 0.05) is 30.3 Å². The van der Waals surface area contributed by atoms with Crippen molar-refractivity contribution >= 4 is 11.7 Å². The van der Waals surface area contributed by atoms with Crippen LogP contribution in [0.3, 0.4) is 0 Å². The molecule has 54 heavy (non-hydrogen) atoms. The Morgan fingerprint density at radius 2 is 1.56 bits per heavy atom. The number of nitro benzene ring substituents is 1. The summed E-state index contributed by atoms with van der Waals surface area (Å²) in [5.41, 5.74) is 6.73. The Bertz CT molecular complexity index is 2170. The predicted molar refractivity (Wildman–Crippen MR) is 205 cm³/mol. The van der Waals surface area contributed by atoms with Gasteiger partial charge in [-0.05, 0) is 135 Å². The molecule has 0 amide bonds. The smallest absolute Gasteiger partial charge is 0.343 e. The summed E-state index contributed by atoms with van der Waals surface area (Å²) in [6.07, 6.45) is 3.82. The van der Waals surface area contributed by atoms with Gasteiger partial charge in [0.1, 0.15) is 5.75 Å². The first-order valence-electron chi connectivity index (χ1n) is 18.0. The van der Waals surface area contributed by atoms with Gasteiger partial charge in [-0.1, -0.05) is 24.3 Å². The number of carbonyl (C=O) groups excluding carboxylic acids is 1. The van der Waals surface area contributed by atoms with Crippen LogP contribution in [0.15, 0.2) is 91.0 Å². The maximum Gasteiger partial charge on any atom is 0.343 e. The summed E-state index contributed by atoms with van der Waals surface area (Å²) in [5, 5.41) is 14.4. The molecule has 5 aromatic rings. The van der Waals surface area contributed by atoms with Crippen LogP contribution in [0.4, 0.5) is 5.69 Å². The lowest BCUT2D eigenvalue weighted by Crippen LogP contribution is -2.33. The Morgan fingerprint density at radius 3 is 2.28 bits per heavy atom. The van der Waals surface area contributed by atoms with Gasteiger partial charge in [0.25, 0.3) is 5.69 Å². The average molecular weight is 730 g/mol. The number of hydrogen-bond acceptors (Lipinski definition) is 10. The van der Waals surface area contributed by atoms with Crippen molar-refractivity contribution in [3.63, 3.8) is 0 Å². The van der Waals surface area contributed by atoms with Crippen molar-refractivity contribution in [3.8, 4) is 40.2 Å². The van der Waals surface area contributed by atoms with Crippen molar-refractivity contribution < 1.29 is 33.4 Å². The lowest BCUT2D eigenvalue weighted by atomic mass is 9.87. The molecule has 1 unspecified atom stereocenters. The first-order valence-corrected chi connectivity index (χ1v) is 18.0. The number of nitrogens with one attached hydrogen (secondary N) is 1. The van der Waals surface area contributed by atoms with E-state index in [2.05, 4.69) is 35.5 Å². The highest BCUT2D eigenvalue weighted by molar-refractivity contribution is 5.91. The number of carbonyl (C=O) groups is 1. The fraction of sp³-hybridized carbons (Fsp3) is 0.279. The Balaban J connectivity index is 1.33. The van der Waals surface area contributed by atoms with Crippen LogP contribution in [0.25, 0.3) is 0 Å². The average Bonchev–Trinajstić information content (AvgIpc) is 3.18.